The maximum absolute atomic E-state index is 14.4. The second-order valence-electron chi connectivity index (χ2n) is 23.5. The topological polar surface area (TPSA) is 309 Å². The van der Waals surface area contributed by atoms with Gasteiger partial charge >= 0.3 is 0 Å². The standard InChI is InChI=1S/C70H82N12O6.ClH/c1-80-43-49(55-16-4-7-19-58(55)80)40-61(83)68(74,34-10-13-37-71)65(86)77-52-28-22-46(23-29-52)64(47-24-30-53(31-25-47)78-66(87)69(75,35-11-14-38-72)62(84)41-50-44-81(2)59-20-8-5-17-56(50)59)48-26-32-54(33-27-48)79-67(88)70(76,36-12-15-39-73)63(85)42-51-45-82(3)60-21-9-6-18-57(51)60;/h4-9,16-33,43-45,64H,10-15,34-42,71-76H2,1-3H3,(H,77,86)(H,78,87)(H,79,88);1H/t68-,69-,70-;/m1./s1. The van der Waals surface area contributed by atoms with Crippen molar-refractivity contribution in [2.45, 2.75) is 99.6 Å². The molecule has 3 amide bonds. The zero-order valence-corrected chi connectivity index (χ0v) is 51.8. The number of aryl methyl sites for hydroxylation is 3. The van der Waals surface area contributed by atoms with E-state index >= 15 is 0 Å². The first kappa shape index (κ1) is 66.4. The van der Waals surface area contributed by atoms with Crippen molar-refractivity contribution in [2.75, 3.05) is 35.6 Å². The van der Waals surface area contributed by atoms with E-state index in [4.69, 9.17) is 34.4 Å². The number of benzene rings is 6. The highest BCUT2D eigenvalue weighted by molar-refractivity contribution is 6.18. The molecule has 9 aromatic rings. The molecule has 9 rings (SSSR count). The van der Waals surface area contributed by atoms with Crippen LogP contribution in [0.2, 0.25) is 0 Å². The third-order valence-corrected chi connectivity index (χ3v) is 17.3. The summed E-state index contributed by atoms with van der Waals surface area (Å²) in [5.74, 6) is -3.64. The largest absolute Gasteiger partial charge is 0.350 e. The SMILES string of the molecule is Cl.Cn1cc(CC(=O)[C@](N)(CCCCN)C(=O)Nc2ccc(C(c3ccc(NC(=O)[C@@](N)(CCCCN)C(=O)Cc4cn(C)c5ccccc45)cc3)c3ccc(NC(=O)[C@@](N)(CCCCN)C(=O)Cc4cn(C)c5ccccc45)cc3)cc2)c2ccccc21. The normalized spacial score (nSPS) is 13.6. The van der Waals surface area contributed by atoms with Gasteiger partial charge in [0.2, 0.25) is 0 Å². The maximum atomic E-state index is 14.4. The number of carbonyl (C=O) groups excluding carboxylic acids is 6. The van der Waals surface area contributed by atoms with Crippen molar-refractivity contribution in [1.82, 2.24) is 13.7 Å². The molecule has 19 heteroatoms. The summed E-state index contributed by atoms with van der Waals surface area (Å²) in [6.45, 7) is 1.13. The summed E-state index contributed by atoms with van der Waals surface area (Å²) in [7, 11) is 5.73. The van der Waals surface area contributed by atoms with Crippen molar-refractivity contribution in [3.05, 3.63) is 198 Å². The molecular weight excluding hydrogens is 1140 g/mol. The molecule has 15 N–H and O–H groups in total. The van der Waals surface area contributed by atoms with Gasteiger partial charge < -0.3 is 64.1 Å². The van der Waals surface area contributed by atoms with Crippen LogP contribution in [0.5, 0.6) is 0 Å². The van der Waals surface area contributed by atoms with E-state index < -0.39 is 57.6 Å². The van der Waals surface area contributed by atoms with Gasteiger partial charge in [0.15, 0.2) is 34.0 Å². The van der Waals surface area contributed by atoms with Gasteiger partial charge in [-0.25, -0.2) is 0 Å². The Morgan fingerprint density at radius 3 is 0.876 bits per heavy atom. The van der Waals surface area contributed by atoms with E-state index in [2.05, 4.69) is 16.0 Å². The van der Waals surface area contributed by atoms with Crippen LogP contribution in [-0.2, 0) is 69.2 Å². The van der Waals surface area contributed by atoms with E-state index in [0.717, 1.165) is 66.1 Å². The van der Waals surface area contributed by atoms with Crippen LogP contribution < -0.4 is 50.4 Å². The van der Waals surface area contributed by atoms with Crippen LogP contribution in [0.25, 0.3) is 32.7 Å². The molecule has 0 saturated heterocycles. The summed E-state index contributed by atoms with van der Waals surface area (Å²) in [5, 5.41) is 11.6. The van der Waals surface area contributed by atoms with Gasteiger partial charge in [-0.3, -0.25) is 28.8 Å². The summed E-state index contributed by atoms with van der Waals surface area (Å²) in [5.41, 5.74) is 41.5. The predicted octanol–water partition coefficient (Wildman–Crippen LogP) is 8.49. The molecule has 0 aliphatic heterocycles. The highest BCUT2D eigenvalue weighted by atomic mass is 35.5. The van der Waals surface area contributed by atoms with E-state index in [1.807, 2.05) is 163 Å². The Kier molecular flexibility index (Phi) is 21.7. The zero-order valence-electron chi connectivity index (χ0n) is 50.9. The van der Waals surface area contributed by atoms with Crippen molar-refractivity contribution < 1.29 is 28.8 Å². The minimum absolute atomic E-state index is 0. The first-order chi connectivity index (χ1) is 42.3. The molecule has 3 aromatic heterocycles. The summed E-state index contributed by atoms with van der Waals surface area (Å²) >= 11 is 0. The highest BCUT2D eigenvalue weighted by Crippen LogP contribution is 2.36. The molecular formula is C70H83ClN12O6. The van der Waals surface area contributed by atoms with Crippen LogP contribution in [0.3, 0.4) is 0 Å². The number of para-hydroxylation sites is 3. The van der Waals surface area contributed by atoms with Crippen LogP contribution in [0, 0.1) is 0 Å². The number of nitrogens with zero attached hydrogens (tertiary/aromatic N) is 3. The molecule has 0 bridgehead atoms. The number of amides is 3. The molecule has 0 fully saturated rings. The second kappa shape index (κ2) is 29.2. The van der Waals surface area contributed by atoms with Crippen molar-refractivity contribution in [3.63, 3.8) is 0 Å². The van der Waals surface area contributed by atoms with Crippen LogP contribution in [0.15, 0.2) is 164 Å². The van der Waals surface area contributed by atoms with Crippen LogP contribution in [-0.4, -0.2) is 85.0 Å². The second-order valence-corrected chi connectivity index (χ2v) is 23.5. The first-order valence-electron chi connectivity index (χ1n) is 30.2. The molecule has 0 spiro atoms. The van der Waals surface area contributed by atoms with Crippen LogP contribution >= 0.6 is 12.4 Å². The van der Waals surface area contributed by atoms with Gasteiger partial charge in [0.25, 0.3) is 17.7 Å². The number of carbonyl (C=O) groups is 6. The number of rotatable bonds is 30. The van der Waals surface area contributed by atoms with Gasteiger partial charge in [-0.05, 0) is 165 Å². The average Bonchev–Trinajstić information content (AvgIpc) is 2.22. The number of aromatic nitrogens is 3. The smallest absolute Gasteiger partial charge is 0.252 e. The number of anilines is 3. The van der Waals surface area contributed by atoms with Gasteiger partial charge in [-0.1, -0.05) is 91.0 Å². The number of hydrogen-bond donors (Lipinski definition) is 9. The van der Waals surface area contributed by atoms with Crippen molar-refractivity contribution in [3.8, 4) is 0 Å². The van der Waals surface area contributed by atoms with Crippen molar-refractivity contribution in [1.29, 1.82) is 0 Å². The lowest BCUT2D eigenvalue weighted by Gasteiger charge is -2.28. The number of unbranched alkanes of at least 4 members (excludes halogenated alkanes) is 3. The van der Waals surface area contributed by atoms with Crippen LogP contribution in [0.1, 0.15) is 97.1 Å². The third-order valence-electron chi connectivity index (χ3n) is 17.3. The summed E-state index contributed by atoms with van der Waals surface area (Å²) in [6, 6.07) is 45.0. The lowest BCUT2D eigenvalue weighted by Crippen LogP contribution is -2.58. The first-order valence-corrected chi connectivity index (χ1v) is 30.2. The number of nitrogens with one attached hydrogen (secondary N) is 3. The molecule has 89 heavy (non-hydrogen) atoms. The Bertz CT molecular complexity index is 3580. The molecule has 0 unspecified atom stereocenters. The summed E-state index contributed by atoms with van der Waals surface area (Å²) < 4.78 is 5.85. The van der Waals surface area contributed by atoms with E-state index in [0.29, 0.717) is 75.2 Å². The van der Waals surface area contributed by atoms with Crippen LogP contribution in [0.4, 0.5) is 17.1 Å². The number of halogens is 1. The van der Waals surface area contributed by atoms with E-state index in [9.17, 15) is 28.8 Å². The molecule has 3 atom stereocenters. The molecule has 0 aliphatic carbocycles. The fraction of sp³-hybridized carbons (Fsp3) is 0.314. The van der Waals surface area contributed by atoms with Gasteiger partial charge in [-0.15, -0.1) is 12.4 Å². The molecule has 0 radical (unpaired) electrons. The van der Waals surface area contributed by atoms with E-state index in [1.165, 1.54) is 0 Å². The molecule has 466 valence electrons. The van der Waals surface area contributed by atoms with E-state index in [-0.39, 0.29) is 50.9 Å². The van der Waals surface area contributed by atoms with Gasteiger partial charge in [0.1, 0.15) is 0 Å². The number of ketones is 3. The Morgan fingerprint density at radius 2 is 0.629 bits per heavy atom. The molecule has 3 heterocycles. The predicted molar refractivity (Wildman–Crippen MR) is 358 cm³/mol. The zero-order chi connectivity index (χ0) is 62.8. The molecule has 0 aliphatic rings. The molecule has 18 nitrogen and oxygen atoms in total. The molecule has 0 saturated carbocycles. The highest BCUT2D eigenvalue weighted by Gasteiger charge is 2.44. The van der Waals surface area contributed by atoms with Gasteiger partial charge in [-0.2, -0.15) is 0 Å². The number of hydrogen-bond acceptors (Lipinski definition) is 12. The summed E-state index contributed by atoms with van der Waals surface area (Å²) in [4.78, 5) is 86.0. The lowest BCUT2D eigenvalue weighted by molar-refractivity contribution is -0.134. The quantitative estimate of drug-likeness (QED) is 0.0116. The minimum Gasteiger partial charge on any atom is -0.350 e. The van der Waals surface area contributed by atoms with Gasteiger partial charge in [0.05, 0.1) is 0 Å². The average molecular weight is 1220 g/mol. The number of nitrogens with two attached hydrogens (primary N) is 6. The molecule has 6 aromatic carbocycles. The lowest BCUT2D eigenvalue weighted by atomic mass is 9.83. The number of fused-ring (bicyclic) bond motifs is 3. The minimum atomic E-state index is -1.86. The third kappa shape index (κ3) is 14.6. The Labute approximate surface area is 525 Å². The monoisotopic (exact) mass is 1220 g/mol. The van der Waals surface area contributed by atoms with Gasteiger partial charge in [0, 0.05) is 115 Å². The Hall–Kier alpha value is -8.59. The maximum Gasteiger partial charge on any atom is 0.252 e. The van der Waals surface area contributed by atoms with E-state index in [1.54, 1.807) is 36.4 Å². The van der Waals surface area contributed by atoms with Crippen molar-refractivity contribution in [2.24, 2.45) is 55.5 Å². The van der Waals surface area contributed by atoms with Crippen molar-refractivity contribution >= 4 is 97.2 Å². The number of Topliss-reactive ketones (excluding diaryl/α,β-unsaturated/α-hetero) is 3. The Morgan fingerprint density at radius 1 is 0.382 bits per heavy atom. The fourth-order valence-electron chi connectivity index (χ4n) is 12.1. The fourth-order valence-corrected chi connectivity index (χ4v) is 12.1. The summed E-state index contributed by atoms with van der Waals surface area (Å²) in [6.07, 6.45) is 8.96. The Balaban J connectivity index is 0.0000102.